The van der Waals surface area contributed by atoms with E-state index in [2.05, 4.69) is 17.5 Å². The van der Waals surface area contributed by atoms with Crippen LogP contribution in [0.3, 0.4) is 0 Å². The highest BCUT2D eigenvalue weighted by Gasteiger charge is 2.34. The Morgan fingerprint density at radius 3 is 2.57 bits per heavy atom. The minimum absolute atomic E-state index is 0.000294. The molecule has 0 aliphatic heterocycles. The Bertz CT molecular complexity index is 580. The van der Waals surface area contributed by atoms with Crippen LogP contribution in [0.5, 0.6) is 0 Å². The van der Waals surface area contributed by atoms with Crippen molar-refractivity contribution in [2.45, 2.75) is 19.3 Å². The number of allylic oxidation sites excluding steroid dienone is 2. The van der Waals surface area contributed by atoms with E-state index in [1.807, 2.05) is 0 Å². The van der Waals surface area contributed by atoms with Crippen LogP contribution in [0.1, 0.15) is 29.6 Å². The van der Waals surface area contributed by atoms with Gasteiger partial charge in [0.25, 0.3) is 11.6 Å². The molecule has 1 N–H and O–H groups in total. The van der Waals surface area contributed by atoms with E-state index in [0.29, 0.717) is 23.9 Å². The summed E-state index contributed by atoms with van der Waals surface area (Å²) in [6.07, 6.45) is 8.16. The maximum atomic E-state index is 12.0. The van der Waals surface area contributed by atoms with Crippen LogP contribution in [0.4, 0.5) is 5.69 Å². The standard InChI is InChI=1S/C16H18N2O3/c19-16(12-3-5-15(6-4-12)18(20)21)17-8-7-14-10-11-1-2-13(14)9-11/h1-6,11,13-14H,7-10H2,(H,17,19)/t11-,13+,14-/m0/s1. The highest BCUT2D eigenvalue weighted by atomic mass is 16.6. The number of nitrogens with zero attached hydrogens (tertiary/aromatic N) is 1. The molecule has 2 aliphatic rings. The van der Waals surface area contributed by atoms with Gasteiger partial charge in [-0.2, -0.15) is 0 Å². The molecule has 2 aliphatic carbocycles. The van der Waals surface area contributed by atoms with Gasteiger partial charge in [0.1, 0.15) is 0 Å². The van der Waals surface area contributed by atoms with E-state index in [4.69, 9.17) is 0 Å². The molecule has 2 bridgehead atoms. The van der Waals surface area contributed by atoms with Crippen LogP contribution in [0, 0.1) is 27.9 Å². The van der Waals surface area contributed by atoms with E-state index in [-0.39, 0.29) is 11.6 Å². The first-order valence-corrected chi connectivity index (χ1v) is 7.34. The van der Waals surface area contributed by atoms with Crippen LogP contribution in [-0.2, 0) is 0 Å². The van der Waals surface area contributed by atoms with E-state index in [0.717, 1.165) is 12.3 Å². The number of hydrogen-bond acceptors (Lipinski definition) is 3. The van der Waals surface area contributed by atoms with Crippen molar-refractivity contribution >= 4 is 11.6 Å². The summed E-state index contributed by atoms with van der Waals surface area (Å²) in [6, 6.07) is 5.70. The third-order valence-corrected chi connectivity index (χ3v) is 4.56. The quantitative estimate of drug-likeness (QED) is 0.514. The van der Waals surface area contributed by atoms with Gasteiger partial charge < -0.3 is 5.32 Å². The molecule has 5 nitrogen and oxygen atoms in total. The fourth-order valence-electron chi connectivity index (χ4n) is 3.43. The maximum absolute atomic E-state index is 12.0. The molecule has 0 radical (unpaired) electrons. The lowest BCUT2D eigenvalue weighted by Crippen LogP contribution is -2.26. The Hall–Kier alpha value is -2.17. The molecule has 1 fully saturated rings. The van der Waals surface area contributed by atoms with E-state index < -0.39 is 4.92 Å². The van der Waals surface area contributed by atoms with Crippen molar-refractivity contribution in [2.24, 2.45) is 17.8 Å². The zero-order chi connectivity index (χ0) is 14.8. The van der Waals surface area contributed by atoms with Crippen molar-refractivity contribution in [1.29, 1.82) is 0 Å². The fourth-order valence-corrected chi connectivity index (χ4v) is 3.43. The molecule has 110 valence electrons. The van der Waals surface area contributed by atoms with Crippen LogP contribution in [0.15, 0.2) is 36.4 Å². The first kappa shape index (κ1) is 13.8. The summed E-state index contributed by atoms with van der Waals surface area (Å²) in [6.45, 7) is 0.664. The zero-order valence-electron chi connectivity index (χ0n) is 11.7. The number of carbonyl (C=O) groups excluding carboxylic acids is 1. The van der Waals surface area contributed by atoms with Crippen LogP contribution < -0.4 is 5.32 Å². The number of carbonyl (C=O) groups is 1. The topological polar surface area (TPSA) is 72.2 Å². The SMILES string of the molecule is O=C(NCC[C@H]1C[C@H]2C=C[C@@H]1C2)c1ccc([N+](=O)[O-])cc1. The second kappa shape index (κ2) is 5.68. The predicted octanol–water partition coefficient (Wildman–Crippen LogP) is 2.93. The van der Waals surface area contributed by atoms with E-state index >= 15 is 0 Å². The molecule has 0 heterocycles. The van der Waals surface area contributed by atoms with Gasteiger partial charge in [-0.15, -0.1) is 0 Å². The lowest BCUT2D eigenvalue weighted by Gasteiger charge is -2.17. The predicted molar refractivity (Wildman–Crippen MR) is 78.9 cm³/mol. The smallest absolute Gasteiger partial charge is 0.269 e. The lowest BCUT2D eigenvalue weighted by molar-refractivity contribution is -0.384. The highest BCUT2D eigenvalue weighted by molar-refractivity contribution is 5.94. The number of non-ortho nitro benzene ring substituents is 1. The number of hydrogen-bond donors (Lipinski definition) is 1. The fraction of sp³-hybridized carbons (Fsp3) is 0.438. The summed E-state index contributed by atoms with van der Waals surface area (Å²) in [5.41, 5.74) is 0.466. The largest absolute Gasteiger partial charge is 0.352 e. The number of nitrogens with one attached hydrogen (secondary N) is 1. The summed E-state index contributed by atoms with van der Waals surface area (Å²) in [5.74, 6) is 1.98. The van der Waals surface area contributed by atoms with Crippen LogP contribution in [0.2, 0.25) is 0 Å². The van der Waals surface area contributed by atoms with Crippen molar-refractivity contribution in [3.63, 3.8) is 0 Å². The lowest BCUT2D eigenvalue weighted by atomic mass is 9.90. The number of fused-ring (bicyclic) bond motifs is 2. The highest BCUT2D eigenvalue weighted by Crippen LogP contribution is 2.44. The average molecular weight is 286 g/mol. The van der Waals surface area contributed by atoms with E-state index in [9.17, 15) is 14.9 Å². The Morgan fingerprint density at radius 2 is 2.00 bits per heavy atom. The summed E-state index contributed by atoms with van der Waals surface area (Å²) in [4.78, 5) is 22.1. The third-order valence-electron chi connectivity index (χ3n) is 4.56. The molecule has 0 aromatic heterocycles. The summed E-state index contributed by atoms with van der Waals surface area (Å²) in [5, 5.41) is 13.5. The number of benzene rings is 1. The van der Waals surface area contributed by atoms with Crippen molar-refractivity contribution < 1.29 is 9.72 Å². The van der Waals surface area contributed by atoms with Gasteiger partial charge in [-0.05, 0) is 49.1 Å². The third kappa shape index (κ3) is 2.96. The molecule has 1 aromatic carbocycles. The van der Waals surface area contributed by atoms with Crippen molar-refractivity contribution in [3.05, 3.63) is 52.1 Å². The molecule has 0 saturated heterocycles. The van der Waals surface area contributed by atoms with Gasteiger partial charge in [-0.25, -0.2) is 0 Å². The molecule has 0 unspecified atom stereocenters. The molecule has 5 heteroatoms. The van der Waals surface area contributed by atoms with Gasteiger partial charge in [0.15, 0.2) is 0 Å². The molecule has 1 saturated carbocycles. The number of amides is 1. The summed E-state index contributed by atoms with van der Waals surface area (Å²) < 4.78 is 0. The number of nitro benzene ring substituents is 1. The van der Waals surface area contributed by atoms with Gasteiger partial charge in [-0.1, -0.05) is 12.2 Å². The van der Waals surface area contributed by atoms with Gasteiger partial charge in [0, 0.05) is 24.2 Å². The number of nitro groups is 1. The van der Waals surface area contributed by atoms with Gasteiger partial charge in [-0.3, -0.25) is 14.9 Å². The van der Waals surface area contributed by atoms with Crippen LogP contribution in [0.25, 0.3) is 0 Å². The minimum Gasteiger partial charge on any atom is -0.352 e. The minimum atomic E-state index is -0.468. The van der Waals surface area contributed by atoms with E-state index in [1.54, 1.807) is 0 Å². The second-order valence-corrected chi connectivity index (χ2v) is 5.89. The number of rotatable bonds is 5. The summed E-state index contributed by atoms with van der Waals surface area (Å²) in [7, 11) is 0. The van der Waals surface area contributed by atoms with E-state index in [1.165, 1.54) is 37.1 Å². The molecule has 3 atom stereocenters. The average Bonchev–Trinajstić information content (AvgIpc) is 3.10. The van der Waals surface area contributed by atoms with Gasteiger partial charge in [0.2, 0.25) is 0 Å². The first-order valence-electron chi connectivity index (χ1n) is 7.34. The molecular weight excluding hydrogens is 268 g/mol. The van der Waals surface area contributed by atoms with Crippen molar-refractivity contribution in [2.75, 3.05) is 6.54 Å². The molecule has 3 rings (SSSR count). The Balaban J connectivity index is 1.48. The Morgan fingerprint density at radius 1 is 1.24 bits per heavy atom. The molecule has 1 aromatic rings. The normalized spacial score (nSPS) is 26.0. The maximum Gasteiger partial charge on any atom is 0.269 e. The monoisotopic (exact) mass is 286 g/mol. The summed E-state index contributed by atoms with van der Waals surface area (Å²) >= 11 is 0. The molecule has 21 heavy (non-hydrogen) atoms. The van der Waals surface area contributed by atoms with Crippen molar-refractivity contribution in [3.8, 4) is 0 Å². The van der Waals surface area contributed by atoms with Gasteiger partial charge in [0.05, 0.1) is 4.92 Å². The Kier molecular flexibility index (Phi) is 3.73. The molecular formula is C16H18N2O3. The van der Waals surface area contributed by atoms with Crippen LogP contribution in [-0.4, -0.2) is 17.4 Å². The Labute approximate surface area is 123 Å². The second-order valence-electron chi connectivity index (χ2n) is 5.89. The zero-order valence-corrected chi connectivity index (χ0v) is 11.7. The molecule has 0 spiro atoms. The first-order chi connectivity index (χ1) is 10.1. The van der Waals surface area contributed by atoms with Crippen LogP contribution >= 0.6 is 0 Å². The van der Waals surface area contributed by atoms with Crippen molar-refractivity contribution in [1.82, 2.24) is 5.32 Å². The molecule has 1 amide bonds. The van der Waals surface area contributed by atoms with Gasteiger partial charge >= 0.3 is 0 Å².